The van der Waals surface area contributed by atoms with Gasteiger partial charge in [-0.25, -0.2) is 0 Å². The predicted octanol–water partition coefficient (Wildman–Crippen LogP) is 4.14. The maximum atomic E-state index is 13.0. The van der Waals surface area contributed by atoms with Gasteiger partial charge in [0, 0.05) is 23.7 Å². The zero-order valence-corrected chi connectivity index (χ0v) is 17.1. The number of carbonyl (C=O) groups is 1. The number of nitrogens with one attached hydrogen (secondary N) is 2. The van der Waals surface area contributed by atoms with Crippen LogP contribution in [0.2, 0.25) is 0 Å². The number of carbonyl (C=O) groups excluding carboxylic acids is 1. The lowest BCUT2D eigenvalue weighted by Gasteiger charge is -2.18. The molecule has 1 atom stereocenters. The van der Waals surface area contributed by atoms with Gasteiger partial charge in [0.2, 0.25) is 0 Å². The van der Waals surface area contributed by atoms with E-state index < -0.39 is 6.10 Å². The SMILES string of the molecule is Cc1ccc(NC(=O)c2ccc3ccccc3c2OCC(O)CNC(C)C)cc1. The molecule has 0 heterocycles. The molecule has 5 nitrogen and oxygen atoms in total. The van der Waals surface area contributed by atoms with Crippen molar-refractivity contribution in [3.8, 4) is 5.75 Å². The second-order valence-corrected chi connectivity index (χ2v) is 7.51. The summed E-state index contributed by atoms with van der Waals surface area (Å²) in [6.45, 7) is 6.56. The van der Waals surface area contributed by atoms with E-state index in [0.717, 1.165) is 22.0 Å². The van der Waals surface area contributed by atoms with Gasteiger partial charge in [-0.15, -0.1) is 0 Å². The molecule has 3 rings (SSSR count). The molecule has 3 aromatic carbocycles. The van der Waals surface area contributed by atoms with E-state index in [1.54, 1.807) is 6.07 Å². The molecule has 3 N–H and O–H groups in total. The number of benzene rings is 3. The molecule has 0 aliphatic heterocycles. The quantitative estimate of drug-likeness (QED) is 0.539. The molecule has 0 radical (unpaired) electrons. The second-order valence-electron chi connectivity index (χ2n) is 7.51. The Hall–Kier alpha value is -2.89. The molecule has 0 bridgehead atoms. The molecular formula is C24H28N2O3. The van der Waals surface area contributed by atoms with E-state index in [-0.39, 0.29) is 18.6 Å². The summed E-state index contributed by atoms with van der Waals surface area (Å²) in [4.78, 5) is 13.0. The third-order valence-corrected chi connectivity index (χ3v) is 4.62. The van der Waals surface area contributed by atoms with Crippen LogP contribution in [-0.4, -0.2) is 36.3 Å². The normalized spacial score (nSPS) is 12.2. The van der Waals surface area contributed by atoms with Crippen molar-refractivity contribution in [2.24, 2.45) is 0 Å². The number of hydrogen-bond donors (Lipinski definition) is 3. The molecule has 0 aliphatic rings. The van der Waals surface area contributed by atoms with Crippen molar-refractivity contribution in [2.75, 3.05) is 18.5 Å². The first-order chi connectivity index (χ1) is 13.9. The molecule has 0 saturated carbocycles. The molecule has 0 saturated heterocycles. The van der Waals surface area contributed by atoms with Crippen LogP contribution in [-0.2, 0) is 0 Å². The van der Waals surface area contributed by atoms with Crippen LogP contribution in [0.25, 0.3) is 10.8 Å². The summed E-state index contributed by atoms with van der Waals surface area (Å²) in [6, 6.07) is 19.3. The second kappa shape index (κ2) is 9.54. The Morgan fingerprint density at radius 1 is 1.03 bits per heavy atom. The number of rotatable bonds is 8. The van der Waals surface area contributed by atoms with Gasteiger partial charge in [-0.05, 0) is 30.5 Å². The summed E-state index contributed by atoms with van der Waals surface area (Å²) in [5.41, 5.74) is 2.29. The summed E-state index contributed by atoms with van der Waals surface area (Å²) in [6.07, 6.45) is -0.677. The molecular weight excluding hydrogens is 364 g/mol. The third kappa shape index (κ3) is 5.56. The average Bonchev–Trinajstić information content (AvgIpc) is 2.71. The molecule has 0 fully saturated rings. The number of aliphatic hydroxyl groups excluding tert-OH is 1. The van der Waals surface area contributed by atoms with Gasteiger partial charge in [0.1, 0.15) is 18.5 Å². The highest BCUT2D eigenvalue weighted by Crippen LogP contribution is 2.31. The number of ether oxygens (including phenoxy) is 1. The minimum absolute atomic E-state index is 0.0958. The van der Waals surface area contributed by atoms with E-state index in [0.29, 0.717) is 17.9 Å². The van der Waals surface area contributed by atoms with Gasteiger partial charge >= 0.3 is 0 Å². The van der Waals surface area contributed by atoms with Crippen molar-refractivity contribution in [1.82, 2.24) is 5.32 Å². The van der Waals surface area contributed by atoms with E-state index in [9.17, 15) is 9.90 Å². The van der Waals surface area contributed by atoms with Crippen molar-refractivity contribution in [3.05, 3.63) is 71.8 Å². The van der Waals surface area contributed by atoms with Crippen molar-refractivity contribution in [3.63, 3.8) is 0 Å². The summed E-state index contributed by atoms with van der Waals surface area (Å²) >= 11 is 0. The number of amides is 1. The standard InChI is InChI=1S/C24H28N2O3/c1-16(2)25-14-20(27)15-29-23-21-7-5-4-6-18(21)10-13-22(23)24(28)26-19-11-8-17(3)9-12-19/h4-13,16,20,25,27H,14-15H2,1-3H3,(H,26,28). The van der Waals surface area contributed by atoms with Crippen LogP contribution in [0.5, 0.6) is 5.75 Å². The number of fused-ring (bicyclic) bond motifs is 1. The molecule has 5 heteroatoms. The number of hydrogen-bond acceptors (Lipinski definition) is 4. The minimum atomic E-state index is -0.677. The highest BCUT2D eigenvalue weighted by Gasteiger charge is 2.17. The van der Waals surface area contributed by atoms with Crippen LogP contribution >= 0.6 is 0 Å². The first kappa shape index (κ1) is 20.8. The van der Waals surface area contributed by atoms with Crippen LogP contribution < -0.4 is 15.4 Å². The van der Waals surface area contributed by atoms with Crippen LogP contribution in [0.15, 0.2) is 60.7 Å². The van der Waals surface area contributed by atoms with E-state index in [4.69, 9.17) is 4.74 Å². The van der Waals surface area contributed by atoms with Gasteiger partial charge < -0.3 is 20.5 Å². The zero-order chi connectivity index (χ0) is 20.8. The summed E-state index contributed by atoms with van der Waals surface area (Å²) in [5.74, 6) is 0.237. The topological polar surface area (TPSA) is 70.6 Å². The Morgan fingerprint density at radius 2 is 1.76 bits per heavy atom. The van der Waals surface area contributed by atoms with E-state index in [1.165, 1.54) is 0 Å². The molecule has 0 aliphatic carbocycles. The number of aryl methyl sites for hydroxylation is 1. The van der Waals surface area contributed by atoms with Gasteiger partial charge in [0.15, 0.2) is 0 Å². The molecule has 29 heavy (non-hydrogen) atoms. The fourth-order valence-corrected chi connectivity index (χ4v) is 3.02. The highest BCUT2D eigenvalue weighted by atomic mass is 16.5. The zero-order valence-electron chi connectivity index (χ0n) is 17.1. The van der Waals surface area contributed by atoms with Crippen LogP contribution in [0, 0.1) is 6.92 Å². The highest BCUT2D eigenvalue weighted by molar-refractivity contribution is 6.10. The lowest BCUT2D eigenvalue weighted by molar-refractivity contribution is 0.0978. The van der Waals surface area contributed by atoms with Crippen molar-refractivity contribution in [2.45, 2.75) is 32.9 Å². The van der Waals surface area contributed by atoms with Gasteiger partial charge in [0.25, 0.3) is 5.91 Å². The van der Waals surface area contributed by atoms with Gasteiger partial charge in [0.05, 0.1) is 5.56 Å². The van der Waals surface area contributed by atoms with Gasteiger partial charge in [-0.3, -0.25) is 4.79 Å². The lowest BCUT2D eigenvalue weighted by atomic mass is 10.0. The van der Waals surface area contributed by atoms with Crippen LogP contribution in [0.1, 0.15) is 29.8 Å². The first-order valence-corrected chi connectivity index (χ1v) is 9.88. The fraction of sp³-hybridized carbons (Fsp3) is 0.292. The average molecular weight is 392 g/mol. The number of aliphatic hydroxyl groups is 1. The van der Waals surface area contributed by atoms with Crippen molar-refractivity contribution in [1.29, 1.82) is 0 Å². The van der Waals surface area contributed by atoms with Crippen LogP contribution in [0.3, 0.4) is 0 Å². The monoisotopic (exact) mass is 392 g/mol. The largest absolute Gasteiger partial charge is 0.489 e. The molecule has 0 spiro atoms. The Balaban J connectivity index is 1.85. The molecule has 3 aromatic rings. The van der Waals surface area contributed by atoms with Gasteiger partial charge in [-0.1, -0.05) is 61.9 Å². The maximum absolute atomic E-state index is 13.0. The summed E-state index contributed by atoms with van der Waals surface area (Å²) < 4.78 is 5.97. The smallest absolute Gasteiger partial charge is 0.259 e. The van der Waals surface area contributed by atoms with Crippen molar-refractivity contribution < 1.29 is 14.6 Å². The Labute approximate surface area is 171 Å². The molecule has 1 unspecified atom stereocenters. The maximum Gasteiger partial charge on any atom is 0.259 e. The molecule has 1 amide bonds. The summed E-state index contributed by atoms with van der Waals surface area (Å²) in [5, 5.41) is 18.2. The predicted molar refractivity (Wildman–Crippen MR) is 118 cm³/mol. The number of anilines is 1. The van der Waals surface area contributed by atoms with Crippen molar-refractivity contribution >= 4 is 22.4 Å². The Bertz CT molecular complexity index is 968. The molecule has 152 valence electrons. The van der Waals surface area contributed by atoms with E-state index >= 15 is 0 Å². The Morgan fingerprint density at radius 3 is 2.48 bits per heavy atom. The lowest BCUT2D eigenvalue weighted by Crippen LogP contribution is -2.35. The van der Waals surface area contributed by atoms with E-state index in [2.05, 4.69) is 10.6 Å². The Kier molecular flexibility index (Phi) is 6.86. The minimum Gasteiger partial charge on any atom is -0.489 e. The first-order valence-electron chi connectivity index (χ1n) is 9.88. The van der Waals surface area contributed by atoms with Crippen LogP contribution in [0.4, 0.5) is 5.69 Å². The van der Waals surface area contributed by atoms with E-state index in [1.807, 2.05) is 75.4 Å². The van der Waals surface area contributed by atoms with Gasteiger partial charge in [-0.2, -0.15) is 0 Å². The molecule has 0 aromatic heterocycles. The third-order valence-electron chi connectivity index (χ3n) is 4.62. The fourth-order valence-electron chi connectivity index (χ4n) is 3.02. The summed E-state index contributed by atoms with van der Waals surface area (Å²) in [7, 11) is 0.